The third kappa shape index (κ3) is 7.18. The van der Waals surface area contributed by atoms with Crippen molar-refractivity contribution in [3.05, 3.63) is 47.8 Å². The summed E-state index contributed by atoms with van der Waals surface area (Å²) in [5, 5.41) is 0. The fourth-order valence-corrected chi connectivity index (χ4v) is 2.18. The molecule has 0 amide bonds. The number of carbonyl (C=O) groups is 2. The fourth-order valence-electron chi connectivity index (χ4n) is 2.18. The molecule has 2 aromatic heterocycles. The Kier molecular flexibility index (Phi) is 10.4. The van der Waals surface area contributed by atoms with Gasteiger partial charge in [0.1, 0.15) is 0 Å². The Balaban J connectivity index is 0.00000364. The Labute approximate surface area is 172 Å². The van der Waals surface area contributed by atoms with Gasteiger partial charge in [-0.2, -0.15) is 0 Å². The molecule has 0 atom stereocenters. The van der Waals surface area contributed by atoms with Crippen LogP contribution in [0.25, 0.3) is 11.4 Å². The van der Waals surface area contributed by atoms with Gasteiger partial charge in [0.25, 0.3) is 0 Å². The van der Waals surface area contributed by atoms with Crippen molar-refractivity contribution in [1.29, 1.82) is 0 Å². The third-order valence-corrected chi connectivity index (χ3v) is 3.72. The van der Waals surface area contributed by atoms with E-state index >= 15 is 0 Å². The largest absolute Gasteiger partial charge is 0.462 e. The van der Waals surface area contributed by atoms with Gasteiger partial charge in [-0.05, 0) is 37.1 Å². The van der Waals surface area contributed by atoms with Crippen LogP contribution in [0.3, 0.4) is 0 Å². The molecule has 2 rings (SSSR count). The molecule has 0 spiro atoms. The van der Waals surface area contributed by atoms with Crippen LogP contribution in [0.4, 0.5) is 0 Å². The van der Waals surface area contributed by atoms with E-state index in [9.17, 15) is 9.59 Å². The number of carbonyl (C=O) groups excluding carboxylic acids is 2. The maximum Gasteiger partial charge on any atom is 0.338 e. The van der Waals surface area contributed by atoms with Gasteiger partial charge in [0.2, 0.25) is 0 Å². The molecular formula is C20H24N2O4Ru. The Morgan fingerprint density at radius 2 is 1.22 bits per heavy atom. The maximum atomic E-state index is 12.1. The van der Waals surface area contributed by atoms with E-state index in [0.29, 0.717) is 35.7 Å². The minimum atomic E-state index is -0.391. The van der Waals surface area contributed by atoms with Crippen LogP contribution >= 0.6 is 0 Å². The van der Waals surface area contributed by atoms with Crippen molar-refractivity contribution in [2.75, 3.05) is 13.2 Å². The Morgan fingerprint density at radius 3 is 1.59 bits per heavy atom. The second-order valence-electron chi connectivity index (χ2n) is 5.84. The summed E-state index contributed by atoms with van der Waals surface area (Å²) in [7, 11) is 0. The van der Waals surface area contributed by atoms with E-state index in [1.807, 2.05) is 13.8 Å². The Morgan fingerprint density at radius 1 is 0.815 bits per heavy atom. The molecule has 0 saturated heterocycles. The standard InChI is InChI=1S/C20H24N2O4.Ru/c1-3-5-11-25-19(23)15-7-9-21-17(13-15)18-14-16(8-10-22-18)20(24)26-12-6-4-2;/h7-10,13-14H,3-6,11-12H2,1-2H3;. The fraction of sp³-hybridized carbons (Fsp3) is 0.400. The summed E-state index contributed by atoms with van der Waals surface area (Å²) in [6.07, 6.45) is 6.63. The minimum absolute atomic E-state index is 0. The van der Waals surface area contributed by atoms with Crippen LogP contribution in [0.5, 0.6) is 0 Å². The van der Waals surface area contributed by atoms with Gasteiger partial charge in [0, 0.05) is 31.9 Å². The van der Waals surface area contributed by atoms with Gasteiger partial charge >= 0.3 is 11.9 Å². The average molecular weight is 457 g/mol. The van der Waals surface area contributed by atoms with Crippen LogP contribution in [0, 0.1) is 0 Å². The second kappa shape index (κ2) is 12.3. The number of aromatic nitrogens is 2. The van der Waals surface area contributed by atoms with E-state index in [2.05, 4.69) is 9.97 Å². The van der Waals surface area contributed by atoms with Gasteiger partial charge in [-0.3, -0.25) is 9.97 Å². The molecule has 0 N–H and O–H groups in total. The molecule has 2 aromatic rings. The quantitative estimate of drug-likeness (QED) is 0.321. The number of ether oxygens (including phenoxy) is 2. The molecule has 0 aliphatic carbocycles. The summed E-state index contributed by atoms with van der Waals surface area (Å²) in [6, 6.07) is 6.42. The first-order valence-corrected chi connectivity index (χ1v) is 8.92. The summed E-state index contributed by atoms with van der Waals surface area (Å²) in [6.45, 7) is 4.85. The van der Waals surface area contributed by atoms with Gasteiger partial charge in [-0.25, -0.2) is 9.59 Å². The molecular weight excluding hydrogens is 433 g/mol. The molecule has 0 bridgehead atoms. The molecule has 0 saturated carbocycles. The molecule has 146 valence electrons. The first kappa shape index (κ1) is 22.9. The summed E-state index contributed by atoms with van der Waals surface area (Å²) < 4.78 is 10.4. The average Bonchev–Trinajstić information content (AvgIpc) is 2.68. The van der Waals surface area contributed by atoms with Gasteiger partial charge in [-0.1, -0.05) is 26.7 Å². The zero-order chi connectivity index (χ0) is 18.8. The van der Waals surface area contributed by atoms with Crippen molar-refractivity contribution in [2.45, 2.75) is 39.5 Å². The van der Waals surface area contributed by atoms with Crippen molar-refractivity contribution in [3.63, 3.8) is 0 Å². The molecule has 2 heterocycles. The summed E-state index contributed by atoms with van der Waals surface area (Å²) in [5.74, 6) is -0.783. The van der Waals surface area contributed by atoms with Crippen LogP contribution in [-0.4, -0.2) is 35.1 Å². The molecule has 7 heteroatoms. The SMILES string of the molecule is CCCCOC(=O)c1ccnc(-c2cc(C(=O)OCCCC)ccn2)c1.[Ru]. The predicted molar refractivity (Wildman–Crippen MR) is 97.8 cm³/mol. The van der Waals surface area contributed by atoms with Crippen LogP contribution < -0.4 is 0 Å². The molecule has 0 fully saturated rings. The first-order valence-electron chi connectivity index (χ1n) is 8.92. The number of hydrogen-bond donors (Lipinski definition) is 0. The molecule has 6 nitrogen and oxygen atoms in total. The van der Waals surface area contributed by atoms with E-state index < -0.39 is 11.9 Å². The van der Waals surface area contributed by atoms with Gasteiger partial charge in [0.15, 0.2) is 0 Å². The van der Waals surface area contributed by atoms with Gasteiger partial charge in [0.05, 0.1) is 35.7 Å². The van der Waals surface area contributed by atoms with Crippen LogP contribution in [0.2, 0.25) is 0 Å². The van der Waals surface area contributed by atoms with Crippen molar-refractivity contribution in [1.82, 2.24) is 9.97 Å². The molecule has 0 aliphatic heterocycles. The van der Waals surface area contributed by atoms with Crippen LogP contribution in [0.1, 0.15) is 60.2 Å². The zero-order valence-corrected chi connectivity index (χ0v) is 17.3. The summed E-state index contributed by atoms with van der Waals surface area (Å²) >= 11 is 0. The van der Waals surface area contributed by atoms with Crippen molar-refractivity contribution >= 4 is 11.9 Å². The van der Waals surface area contributed by atoms with Crippen molar-refractivity contribution in [3.8, 4) is 11.4 Å². The van der Waals surface area contributed by atoms with E-state index in [1.54, 1.807) is 24.3 Å². The molecule has 0 radical (unpaired) electrons. The molecule has 27 heavy (non-hydrogen) atoms. The second-order valence-corrected chi connectivity index (χ2v) is 5.84. The molecule has 0 aliphatic rings. The van der Waals surface area contributed by atoms with Gasteiger partial charge < -0.3 is 9.47 Å². The van der Waals surface area contributed by atoms with Crippen molar-refractivity contribution < 1.29 is 38.5 Å². The molecule has 0 unspecified atom stereocenters. The van der Waals surface area contributed by atoms with Crippen LogP contribution in [0.15, 0.2) is 36.7 Å². The Hall–Kier alpha value is -2.14. The number of unbranched alkanes of at least 4 members (excludes halogenated alkanes) is 2. The monoisotopic (exact) mass is 458 g/mol. The number of nitrogens with zero attached hydrogens (tertiary/aromatic N) is 2. The molecule has 0 aromatic carbocycles. The number of pyridine rings is 2. The van der Waals surface area contributed by atoms with E-state index in [-0.39, 0.29) is 19.5 Å². The maximum absolute atomic E-state index is 12.1. The first-order chi connectivity index (χ1) is 12.7. The summed E-state index contributed by atoms with van der Waals surface area (Å²) in [4.78, 5) is 32.6. The normalized spacial score (nSPS) is 10.0. The van der Waals surface area contributed by atoms with Crippen molar-refractivity contribution in [2.24, 2.45) is 0 Å². The topological polar surface area (TPSA) is 78.4 Å². The predicted octanol–water partition coefficient (Wildman–Crippen LogP) is 4.05. The number of hydrogen-bond acceptors (Lipinski definition) is 6. The number of rotatable bonds is 9. The Bertz CT molecular complexity index is 689. The zero-order valence-electron chi connectivity index (χ0n) is 15.6. The minimum Gasteiger partial charge on any atom is -0.462 e. The van der Waals surface area contributed by atoms with E-state index in [0.717, 1.165) is 25.7 Å². The number of esters is 2. The summed E-state index contributed by atoms with van der Waals surface area (Å²) in [5.41, 5.74) is 1.81. The van der Waals surface area contributed by atoms with E-state index in [1.165, 1.54) is 12.4 Å². The smallest absolute Gasteiger partial charge is 0.338 e. The third-order valence-electron chi connectivity index (χ3n) is 3.72. The van der Waals surface area contributed by atoms with Crippen LogP contribution in [-0.2, 0) is 29.0 Å². The van der Waals surface area contributed by atoms with Gasteiger partial charge in [-0.15, -0.1) is 0 Å². The van der Waals surface area contributed by atoms with E-state index in [4.69, 9.17) is 9.47 Å².